The molecule has 1 aromatic heterocycles. The molecule has 2 aliphatic carbocycles. The molecule has 1 fully saturated rings. The molecule has 0 N–H and O–H groups in total. The Morgan fingerprint density at radius 2 is 1.33 bits per heavy atom. The Morgan fingerprint density at radius 1 is 0.755 bits per heavy atom. The van der Waals surface area contributed by atoms with E-state index in [2.05, 4.69) is 15.2 Å². The van der Waals surface area contributed by atoms with E-state index in [9.17, 15) is 18.0 Å². The standard InChI is InChI=1S/C40H34F4N4O/c41-34-23-33-35(24-36(34)48(38(49)40(42,43)44)26-32-22-21-28(25-45-32)27-13-5-1-6-14-27)46-47-37(33)39(29-15-7-2-8-16-29,30-17-9-3-10-18-30)31-19-11-4-12-20-31/h2-4,7-12,15-23,25,27H,1,5-6,13-14,24,26H2. The minimum atomic E-state index is -5.23. The summed E-state index contributed by atoms with van der Waals surface area (Å²) >= 11 is 0. The summed E-state index contributed by atoms with van der Waals surface area (Å²) < 4.78 is 58.4. The summed E-state index contributed by atoms with van der Waals surface area (Å²) in [6.45, 7) is -0.543. The smallest absolute Gasteiger partial charge is 0.299 e. The van der Waals surface area contributed by atoms with Gasteiger partial charge in [-0.25, -0.2) is 4.39 Å². The Bertz CT molecular complexity index is 1850. The fraction of sp³-hybridized carbons (Fsp3) is 0.250. The van der Waals surface area contributed by atoms with Gasteiger partial charge in [-0.3, -0.25) is 14.7 Å². The molecular formula is C40H34F4N4O. The lowest BCUT2D eigenvalue weighted by atomic mass is 9.64. The number of hydrogen-bond donors (Lipinski definition) is 0. The Labute approximate surface area is 282 Å². The number of hydrogen-bond acceptors (Lipinski definition) is 4. The third-order valence-corrected chi connectivity index (χ3v) is 9.75. The number of pyridine rings is 1. The molecule has 0 spiro atoms. The normalized spacial score (nSPS) is 16.9. The molecule has 1 amide bonds. The first-order valence-corrected chi connectivity index (χ1v) is 16.5. The predicted molar refractivity (Wildman–Crippen MR) is 182 cm³/mol. The van der Waals surface area contributed by atoms with Crippen LogP contribution in [0.1, 0.15) is 72.4 Å². The molecule has 9 heteroatoms. The Kier molecular flexibility index (Phi) is 8.84. The Balaban J connectivity index is 1.30. The molecule has 0 radical (unpaired) electrons. The van der Waals surface area contributed by atoms with E-state index >= 15 is 4.39 Å². The van der Waals surface area contributed by atoms with Crippen LogP contribution >= 0.6 is 0 Å². The SMILES string of the molecule is O=C(N(Cc1ccc(C2CCCCC2)cn1)C1=C(F)C=C2C(=NN=C2C(c2ccccc2)(c2ccccc2)c2ccccc2)C1)C(F)(F)F. The van der Waals surface area contributed by atoms with Gasteiger partial charge in [0.05, 0.1) is 34.8 Å². The topological polar surface area (TPSA) is 57.9 Å². The third kappa shape index (κ3) is 6.14. The first kappa shape index (κ1) is 32.4. The molecule has 3 aliphatic rings. The van der Waals surface area contributed by atoms with Gasteiger partial charge in [0.1, 0.15) is 5.83 Å². The molecule has 4 aromatic rings. The van der Waals surface area contributed by atoms with E-state index in [0.717, 1.165) is 47.9 Å². The van der Waals surface area contributed by atoms with Gasteiger partial charge in [-0.05, 0) is 53.2 Å². The molecule has 3 aromatic carbocycles. The fourth-order valence-electron chi connectivity index (χ4n) is 7.38. The number of aromatic nitrogens is 1. The number of nitrogens with zero attached hydrogens (tertiary/aromatic N) is 4. The summed E-state index contributed by atoms with van der Waals surface area (Å²) in [5.41, 5.74) is 3.44. The van der Waals surface area contributed by atoms with Crippen LogP contribution in [-0.4, -0.2) is 33.4 Å². The Hall–Kier alpha value is -5.18. The van der Waals surface area contributed by atoms with Crippen LogP contribution in [0.4, 0.5) is 17.6 Å². The second kappa shape index (κ2) is 13.4. The van der Waals surface area contributed by atoms with Gasteiger partial charge >= 0.3 is 12.1 Å². The minimum absolute atomic E-state index is 0.230. The molecule has 248 valence electrons. The molecular weight excluding hydrogens is 628 g/mol. The molecule has 1 saturated carbocycles. The number of amides is 1. The van der Waals surface area contributed by atoms with E-state index in [0.29, 0.717) is 22.1 Å². The van der Waals surface area contributed by atoms with Crippen molar-refractivity contribution in [3.63, 3.8) is 0 Å². The van der Waals surface area contributed by atoms with E-state index < -0.39 is 35.6 Å². The molecule has 49 heavy (non-hydrogen) atoms. The predicted octanol–water partition coefficient (Wildman–Crippen LogP) is 9.38. The summed E-state index contributed by atoms with van der Waals surface area (Å²) in [7, 11) is 0. The maximum Gasteiger partial charge on any atom is 0.471 e. The molecule has 5 nitrogen and oxygen atoms in total. The maximum atomic E-state index is 16.4. The zero-order valence-electron chi connectivity index (χ0n) is 26.7. The fourth-order valence-corrected chi connectivity index (χ4v) is 7.38. The number of halogens is 4. The molecule has 7 rings (SSSR count). The van der Waals surface area contributed by atoms with E-state index in [1.54, 1.807) is 12.3 Å². The molecule has 2 heterocycles. The van der Waals surface area contributed by atoms with Crippen LogP contribution in [0.3, 0.4) is 0 Å². The highest BCUT2D eigenvalue weighted by atomic mass is 19.4. The van der Waals surface area contributed by atoms with Crippen molar-refractivity contribution in [1.29, 1.82) is 0 Å². The van der Waals surface area contributed by atoms with Crippen molar-refractivity contribution in [3.05, 3.63) is 160 Å². The van der Waals surface area contributed by atoms with E-state index in [1.807, 2.05) is 97.1 Å². The molecule has 0 atom stereocenters. The second-order valence-electron chi connectivity index (χ2n) is 12.7. The van der Waals surface area contributed by atoms with Gasteiger partial charge in [0.2, 0.25) is 0 Å². The number of alkyl halides is 3. The first-order valence-electron chi connectivity index (χ1n) is 16.5. The van der Waals surface area contributed by atoms with Gasteiger partial charge in [0, 0.05) is 18.2 Å². The zero-order chi connectivity index (χ0) is 34.0. The lowest BCUT2D eigenvalue weighted by Gasteiger charge is -2.37. The lowest BCUT2D eigenvalue weighted by molar-refractivity contribution is -0.184. The number of benzene rings is 3. The van der Waals surface area contributed by atoms with E-state index in [1.165, 1.54) is 12.5 Å². The molecule has 0 saturated heterocycles. The molecule has 0 bridgehead atoms. The molecule has 1 aliphatic heterocycles. The monoisotopic (exact) mass is 662 g/mol. The summed E-state index contributed by atoms with van der Waals surface area (Å²) in [5.74, 6) is -2.77. The number of carbonyl (C=O) groups is 1. The average molecular weight is 663 g/mol. The summed E-state index contributed by atoms with van der Waals surface area (Å²) in [6, 6.07) is 32.5. The number of allylic oxidation sites excluding steroid dienone is 4. The maximum absolute atomic E-state index is 16.4. The van der Waals surface area contributed by atoms with Crippen molar-refractivity contribution in [2.45, 2.75) is 62.6 Å². The van der Waals surface area contributed by atoms with Crippen molar-refractivity contribution >= 4 is 17.3 Å². The van der Waals surface area contributed by atoms with Crippen LogP contribution in [0.2, 0.25) is 0 Å². The number of carbonyl (C=O) groups excluding carboxylic acids is 1. The second-order valence-corrected chi connectivity index (χ2v) is 12.7. The summed E-state index contributed by atoms with van der Waals surface area (Å²) in [5, 5.41) is 9.09. The van der Waals surface area contributed by atoms with Crippen molar-refractivity contribution in [3.8, 4) is 0 Å². The van der Waals surface area contributed by atoms with Crippen molar-refractivity contribution in [1.82, 2.24) is 9.88 Å². The van der Waals surface area contributed by atoms with Gasteiger partial charge in [-0.15, -0.1) is 0 Å². The van der Waals surface area contributed by atoms with Gasteiger partial charge in [-0.2, -0.15) is 23.4 Å². The number of rotatable bonds is 8. The van der Waals surface area contributed by atoms with Crippen molar-refractivity contribution in [2.75, 3.05) is 0 Å². The highest BCUT2D eigenvalue weighted by molar-refractivity contribution is 6.32. The quantitative estimate of drug-likeness (QED) is 0.140. The first-order chi connectivity index (χ1) is 23.8. The summed E-state index contributed by atoms with van der Waals surface area (Å²) in [4.78, 5) is 17.7. The minimum Gasteiger partial charge on any atom is -0.299 e. The van der Waals surface area contributed by atoms with Crippen molar-refractivity contribution in [2.24, 2.45) is 10.2 Å². The van der Waals surface area contributed by atoms with Crippen LogP contribution in [0.25, 0.3) is 0 Å². The lowest BCUT2D eigenvalue weighted by Crippen LogP contribution is -2.43. The van der Waals surface area contributed by atoms with Gasteiger partial charge in [-0.1, -0.05) is 116 Å². The van der Waals surface area contributed by atoms with Gasteiger partial charge in [0.25, 0.3) is 0 Å². The van der Waals surface area contributed by atoms with E-state index in [-0.39, 0.29) is 17.8 Å². The zero-order valence-corrected chi connectivity index (χ0v) is 26.7. The molecule has 0 unspecified atom stereocenters. The van der Waals surface area contributed by atoms with Crippen molar-refractivity contribution < 1.29 is 22.4 Å². The largest absolute Gasteiger partial charge is 0.471 e. The van der Waals surface area contributed by atoms with Crippen LogP contribution in [0, 0.1) is 0 Å². The van der Waals surface area contributed by atoms with Crippen LogP contribution < -0.4 is 0 Å². The van der Waals surface area contributed by atoms with E-state index in [4.69, 9.17) is 0 Å². The third-order valence-electron chi connectivity index (χ3n) is 9.75. The van der Waals surface area contributed by atoms with Crippen LogP contribution in [0.5, 0.6) is 0 Å². The Morgan fingerprint density at radius 3 is 1.84 bits per heavy atom. The van der Waals surface area contributed by atoms with Gasteiger partial charge < -0.3 is 0 Å². The van der Waals surface area contributed by atoms with Crippen LogP contribution in [0.15, 0.2) is 143 Å². The van der Waals surface area contributed by atoms with Crippen LogP contribution in [-0.2, 0) is 16.8 Å². The number of fused-ring (bicyclic) bond motifs is 1. The highest BCUT2D eigenvalue weighted by Gasteiger charge is 2.49. The van der Waals surface area contributed by atoms with Gasteiger partial charge in [0.15, 0.2) is 0 Å². The summed E-state index contributed by atoms with van der Waals surface area (Å²) in [6.07, 6.45) is 2.77. The average Bonchev–Trinajstić information content (AvgIpc) is 3.54. The highest BCUT2D eigenvalue weighted by Crippen LogP contribution is 2.46.